The SMILES string of the molecule is Cc1ccc(N(/C=C/Cl)c2cccc3c2oc2ccccc23)cc1. The molecule has 0 saturated carbocycles. The maximum absolute atomic E-state index is 6.14. The number of aryl methyl sites for hydroxylation is 1. The van der Waals surface area contributed by atoms with E-state index < -0.39 is 0 Å². The number of anilines is 2. The number of hydrogen-bond donors (Lipinski definition) is 0. The first kappa shape index (κ1) is 14.9. The maximum Gasteiger partial charge on any atom is 0.159 e. The molecule has 0 radical (unpaired) electrons. The van der Waals surface area contributed by atoms with Gasteiger partial charge < -0.3 is 9.32 Å². The third kappa shape index (κ3) is 2.45. The number of para-hydroxylation sites is 2. The van der Waals surface area contributed by atoms with Gasteiger partial charge >= 0.3 is 0 Å². The van der Waals surface area contributed by atoms with E-state index in [-0.39, 0.29) is 0 Å². The molecule has 4 aromatic rings. The minimum Gasteiger partial charge on any atom is -0.454 e. The smallest absolute Gasteiger partial charge is 0.159 e. The van der Waals surface area contributed by atoms with Crippen LogP contribution in [0.3, 0.4) is 0 Å². The normalized spacial score (nSPS) is 11.6. The standard InChI is InChI=1S/C21H16ClNO/c1-15-9-11-16(12-10-15)23(14-13-22)19-7-4-6-18-17-5-2-3-8-20(17)24-21(18)19/h2-14H,1H3/b14-13+. The molecule has 0 unspecified atom stereocenters. The second-order valence-corrected chi connectivity index (χ2v) is 5.98. The zero-order valence-electron chi connectivity index (χ0n) is 13.2. The van der Waals surface area contributed by atoms with E-state index in [0.717, 1.165) is 33.3 Å². The van der Waals surface area contributed by atoms with E-state index in [0.29, 0.717) is 0 Å². The summed E-state index contributed by atoms with van der Waals surface area (Å²) in [7, 11) is 0. The summed E-state index contributed by atoms with van der Waals surface area (Å²) in [4.78, 5) is 2.04. The first-order valence-corrected chi connectivity index (χ1v) is 8.24. The zero-order chi connectivity index (χ0) is 16.5. The van der Waals surface area contributed by atoms with Gasteiger partial charge in [0, 0.05) is 28.2 Å². The van der Waals surface area contributed by atoms with Crippen molar-refractivity contribution in [1.82, 2.24) is 0 Å². The van der Waals surface area contributed by atoms with Crippen molar-refractivity contribution in [1.29, 1.82) is 0 Å². The lowest BCUT2D eigenvalue weighted by atomic mass is 10.1. The van der Waals surface area contributed by atoms with Crippen LogP contribution in [0.15, 0.2) is 82.9 Å². The van der Waals surface area contributed by atoms with Gasteiger partial charge in [0.05, 0.1) is 5.69 Å². The number of benzene rings is 3. The fraction of sp³-hybridized carbons (Fsp3) is 0.0476. The molecule has 1 aromatic heterocycles. The van der Waals surface area contributed by atoms with Crippen molar-refractivity contribution >= 4 is 44.9 Å². The summed E-state index contributed by atoms with van der Waals surface area (Å²) in [6.45, 7) is 2.07. The van der Waals surface area contributed by atoms with Crippen molar-refractivity contribution in [2.75, 3.05) is 4.90 Å². The molecular weight excluding hydrogens is 318 g/mol. The van der Waals surface area contributed by atoms with E-state index in [2.05, 4.69) is 43.3 Å². The van der Waals surface area contributed by atoms with Crippen molar-refractivity contribution in [3.05, 3.63) is 84.0 Å². The molecule has 0 aliphatic heterocycles. The average molecular weight is 334 g/mol. The summed E-state index contributed by atoms with van der Waals surface area (Å²) in [5.74, 6) is 0. The molecular formula is C21H16ClNO. The molecule has 3 aromatic carbocycles. The van der Waals surface area contributed by atoms with Crippen molar-refractivity contribution in [3.63, 3.8) is 0 Å². The Morgan fingerprint density at radius 3 is 2.42 bits per heavy atom. The molecule has 3 heteroatoms. The molecule has 0 atom stereocenters. The van der Waals surface area contributed by atoms with E-state index in [1.54, 1.807) is 0 Å². The van der Waals surface area contributed by atoms with Gasteiger partial charge in [-0.05, 0) is 31.2 Å². The maximum atomic E-state index is 6.14. The second-order valence-electron chi connectivity index (χ2n) is 5.73. The Kier molecular flexibility index (Phi) is 3.75. The van der Waals surface area contributed by atoms with Crippen molar-refractivity contribution < 1.29 is 4.42 Å². The van der Waals surface area contributed by atoms with E-state index in [9.17, 15) is 0 Å². The number of fused-ring (bicyclic) bond motifs is 3. The number of nitrogens with zero attached hydrogens (tertiary/aromatic N) is 1. The molecule has 0 spiro atoms. The van der Waals surface area contributed by atoms with Crippen LogP contribution in [0.1, 0.15) is 5.56 Å². The van der Waals surface area contributed by atoms with Crippen LogP contribution in [0.4, 0.5) is 11.4 Å². The topological polar surface area (TPSA) is 16.4 Å². The van der Waals surface area contributed by atoms with Crippen LogP contribution in [-0.2, 0) is 0 Å². The van der Waals surface area contributed by atoms with E-state index >= 15 is 0 Å². The summed E-state index contributed by atoms with van der Waals surface area (Å²) in [6, 6.07) is 22.6. The van der Waals surface area contributed by atoms with Crippen LogP contribution in [0.25, 0.3) is 21.9 Å². The highest BCUT2D eigenvalue weighted by atomic mass is 35.5. The molecule has 0 bridgehead atoms. The van der Waals surface area contributed by atoms with Gasteiger partial charge in [0.25, 0.3) is 0 Å². The molecule has 118 valence electrons. The largest absolute Gasteiger partial charge is 0.454 e. The molecule has 0 aliphatic carbocycles. The van der Waals surface area contributed by atoms with E-state index in [1.165, 1.54) is 11.1 Å². The monoisotopic (exact) mass is 333 g/mol. The number of furan rings is 1. The highest BCUT2D eigenvalue weighted by Crippen LogP contribution is 2.38. The summed E-state index contributed by atoms with van der Waals surface area (Å²) >= 11 is 5.90. The predicted octanol–water partition coefficient (Wildman–Crippen LogP) is 6.74. The Labute approximate surface area is 145 Å². The van der Waals surface area contributed by atoms with Crippen LogP contribution < -0.4 is 4.90 Å². The molecule has 0 N–H and O–H groups in total. The van der Waals surface area contributed by atoms with Crippen molar-refractivity contribution in [2.24, 2.45) is 0 Å². The lowest BCUT2D eigenvalue weighted by Gasteiger charge is -2.20. The van der Waals surface area contributed by atoms with Crippen LogP contribution in [0.2, 0.25) is 0 Å². The van der Waals surface area contributed by atoms with Crippen LogP contribution in [0.5, 0.6) is 0 Å². The predicted molar refractivity (Wildman–Crippen MR) is 102 cm³/mol. The first-order valence-electron chi connectivity index (χ1n) is 7.81. The fourth-order valence-electron chi connectivity index (χ4n) is 2.99. The Balaban J connectivity index is 1.97. The van der Waals surface area contributed by atoms with Crippen LogP contribution in [-0.4, -0.2) is 0 Å². The van der Waals surface area contributed by atoms with Crippen LogP contribution in [0, 0.1) is 6.92 Å². The Morgan fingerprint density at radius 2 is 1.62 bits per heavy atom. The number of hydrogen-bond acceptors (Lipinski definition) is 2. The summed E-state index contributed by atoms with van der Waals surface area (Å²) in [6.07, 6.45) is 1.84. The van der Waals surface area contributed by atoms with Gasteiger partial charge in [-0.25, -0.2) is 0 Å². The van der Waals surface area contributed by atoms with Gasteiger partial charge in [0.2, 0.25) is 0 Å². The molecule has 1 heterocycles. The van der Waals surface area contributed by atoms with Crippen LogP contribution >= 0.6 is 11.6 Å². The minimum absolute atomic E-state index is 0.856. The van der Waals surface area contributed by atoms with Gasteiger partial charge in [-0.3, -0.25) is 0 Å². The average Bonchev–Trinajstić information content (AvgIpc) is 3.00. The molecule has 2 nitrogen and oxygen atoms in total. The third-order valence-electron chi connectivity index (χ3n) is 4.16. The lowest BCUT2D eigenvalue weighted by molar-refractivity contribution is 0.669. The van der Waals surface area contributed by atoms with Gasteiger partial charge in [-0.15, -0.1) is 0 Å². The molecule has 0 amide bonds. The van der Waals surface area contributed by atoms with E-state index in [4.69, 9.17) is 16.0 Å². The number of rotatable bonds is 3. The summed E-state index contributed by atoms with van der Waals surface area (Å²) < 4.78 is 6.14. The van der Waals surface area contributed by atoms with Gasteiger partial charge in [-0.2, -0.15) is 0 Å². The van der Waals surface area contributed by atoms with Gasteiger partial charge in [0.15, 0.2) is 5.58 Å². The number of halogens is 1. The summed E-state index contributed by atoms with van der Waals surface area (Å²) in [5.41, 5.74) is 6.47. The Bertz CT molecular complexity index is 1030. The molecule has 0 saturated heterocycles. The fourth-order valence-corrected chi connectivity index (χ4v) is 3.10. The molecule has 0 aliphatic rings. The highest BCUT2D eigenvalue weighted by Gasteiger charge is 2.15. The molecule has 24 heavy (non-hydrogen) atoms. The Morgan fingerprint density at radius 1 is 0.875 bits per heavy atom. The highest BCUT2D eigenvalue weighted by molar-refractivity contribution is 6.25. The van der Waals surface area contributed by atoms with Crippen molar-refractivity contribution in [3.8, 4) is 0 Å². The first-order chi connectivity index (χ1) is 11.8. The van der Waals surface area contributed by atoms with Gasteiger partial charge in [0.1, 0.15) is 5.58 Å². The minimum atomic E-state index is 0.856. The second kappa shape index (κ2) is 6.06. The molecule has 4 rings (SSSR count). The zero-order valence-corrected chi connectivity index (χ0v) is 14.0. The molecule has 0 fully saturated rings. The van der Waals surface area contributed by atoms with Gasteiger partial charge in [-0.1, -0.05) is 59.6 Å². The van der Waals surface area contributed by atoms with Crippen molar-refractivity contribution in [2.45, 2.75) is 6.92 Å². The van der Waals surface area contributed by atoms with E-state index in [1.807, 2.05) is 41.4 Å². The summed E-state index contributed by atoms with van der Waals surface area (Å²) in [5, 5.41) is 2.22. The Hall–Kier alpha value is -2.71. The third-order valence-corrected chi connectivity index (χ3v) is 4.27. The lowest BCUT2D eigenvalue weighted by Crippen LogP contribution is -2.08. The quantitative estimate of drug-likeness (QED) is 0.412.